The van der Waals surface area contributed by atoms with Gasteiger partial charge in [0.15, 0.2) is 0 Å². The monoisotopic (exact) mass is 467 g/mol. The summed E-state index contributed by atoms with van der Waals surface area (Å²) >= 11 is 6.44. The Morgan fingerprint density at radius 3 is 2.44 bits per heavy atom. The van der Waals surface area contributed by atoms with Crippen LogP contribution in [0.15, 0.2) is 97.1 Å². The summed E-state index contributed by atoms with van der Waals surface area (Å²) in [6.45, 7) is 1.89. The number of ether oxygens (including phenoxy) is 1. The molecule has 0 aliphatic rings. The van der Waals surface area contributed by atoms with E-state index in [1.807, 2.05) is 91.9 Å². The Morgan fingerprint density at radius 2 is 1.62 bits per heavy atom. The van der Waals surface area contributed by atoms with Crippen LogP contribution in [0.4, 0.5) is 5.69 Å². The summed E-state index contributed by atoms with van der Waals surface area (Å²) in [6, 6.07) is 30.8. The summed E-state index contributed by atoms with van der Waals surface area (Å²) in [5.41, 5.74) is 3.53. The second-order valence-electron chi connectivity index (χ2n) is 7.94. The van der Waals surface area contributed by atoms with E-state index in [-0.39, 0.29) is 5.91 Å². The Kier molecular flexibility index (Phi) is 6.02. The minimum atomic E-state index is -0.448. The standard InChI is InChI=1S/C28H22ClN3O2/c1-18(25-26(31-32-27(25)29)20-10-3-2-4-11-20)34-24-14-8-7-13-23(24)28(33)30-22-16-15-19-9-5-6-12-21(19)17-22/h2-18H,1H3,(H,30,33)(H,31,32). The third-order valence-corrected chi connectivity index (χ3v) is 5.94. The average Bonchev–Trinajstić information content (AvgIpc) is 3.26. The van der Waals surface area contributed by atoms with Gasteiger partial charge >= 0.3 is 0 Å². The number of para-hydroxylation sites is 1. The van der Waals surface area contributed by atoms with E-state index in [2.05, 4.69) is 15.5 Å². The van der Waals surface area contributed by atoms with Crippen molar-refractivity contribution in [2.75, 3.05) is 5.32 Å². The zero-order valence-electron chi connectivity index (χ0n) is 18.5. The summed E-state index contributed by atoms with van der Waals surface area (Å²) in [7, 11) is 0. The fourth-order valence-corrected chi connectivity index (χ4v) is 4.27. The second kappa shape index (κ2) is 9.41. The van der Waals surface area contributed by atoms with Gasteiger partial charge < -0.3 is 10.1 Å². The normalized spacial score (nSPS) is 11.8. The fourth-order valence-electron chi connectivity index (χ4n) is 3.99. The molecule has 4 aromatic carbocycles. The molecular formula is C28H22ClN3O2. The van der Waals surface area contributed by atoms with E-state index in [9.17, 15) is 4.79 Å². The number of fused-ring (bicyclic) bond motifs is 1. The van der Waals surface area contributed by atoms with E-state index in [1.54, 1.807) is 12.1 Å². The number of aromatic amines is 1. The van der Waals surface area contributed by atoms with Gasteiger partial charge in [-0.2, -0.15) is 5.10 Å². The molecule has 0 aliphatic heterocycles. The van der Waals surface area contributed by atoms with Crippen molar-refractivity contribution in [2.45, 2.75) is 13.0 Å². The Bertz CT molecular complexity index is 1460. The maximum absolute atomic E-state index is 13.2. The lowest BCUT2D eigenvalue weighted by atomic mass is 10.0. The molecule has 0 saturated carbocycles. The highest BCUT2D eigenvalue weighted by Gasteiger charge is 2.23. The van der Waals surface area contributed by atoms with Crippen molar-refractivity contribution in [3.05, 3.63) is 113 Å². The van der Waals surface area contributed by atoms with Gasteiger partial charge in [0, 0.05) is 11.3 Å². The van der Waals surface area contributed by atoms with Crippen LogP contribution in [0.25, 0.3) is 22.0 Å². The number of anilines is 1. The molecule has 6 heteroatoms. The first kappa shape index (κ1) is 21.7. The maximum Gasteiger partial charge on any atom is 0.259 e. The lowest BCUT2D eigenvalue weighted by Crippen LogP contribution is -2.14. The fraction of sp³-hybridized carbons (Fsp3) is 0.0714. The third-order valence-electron chi connectivity index (χ3n) is 5.65. The molecule has 0 bridgehead atoms. The van der Waals surface area contributed by atoms with Crippen molar-refractivity contribution >= 4 is 34.0 Å². The summed E-state index contributed by atoms with van der Waals surface area (Å²) in [4.78, 5) is 13.2. The summed E-state index contributed by atoms with van der Waals surface area (Å²) in [5.74, 6) is 0.212. The van der Waals surface area contributed by atoms with Crippen molar-refractivity contribution in [1.29, 1.82) is 0 Å². The van der Waals surface area contributed by atoms with Gasteiger partial charge in [-0.3, -0.25) is 9.89 Å². The largest absolute Gasteiger partial charge is 0.485 e. The Hall–Kier alpha value is -4.09. The molecule has 5 aromatic rings. The number of benzene rings is 4. The Labute approximate surface area is 202 Å². The third kappa shape index (κ3) is 4.38. The van der Waals surface area contributed by atoms with Crippen molar-refractivity contribution in [3.63, 3.8) is 0 Å². The number of carbonyl (C=O) groups is 1. The number of nitrogens with zero attached hydrogens (tertiary/aromatic N) is 1. The minimum absolute atomic E-state index is 0.250. The molecule has 0 fully saturated rings. The molecular weight excluding hydrogens is 446 g/mol. The van der Waals surface area contributed by atoms with E-state index in [0.29, 0.717) is 16.5 Å². The molecule has 1 aromatic heterocycles. The highest BCUT2D eigenvalue weighted by Crippen LogP contribution is 2.35. The number of amides is 1. The number of carbonyl (C=O) groups excluding carboxylic acids is 1. The molecule has 1 atom stereocenters. The first-order valence-corrected chi connectivity index (χ1v) is 11.3. The highest BCUT2D eigenvalue weighted by atomic mass is 35.5. The van der Waals surface area contributed by atoms with Crippen molar-refractivity contribution in [2.24, 2.45) is 0 Å². The highest BCUT2D eigenvalue weighted by molar-refractivity contribution is 6.30. The van der Waals surface area contributed by atoms with Crippen molar-refractivity contribution in [3.8, 4) is 17.0 Å². The molecule has 168 valence electrons. The quantitative estimate of drug-likeness (QED) is 0.276. The van der Waals surface area contributed by atoms with Gasteiger partial charge in [-0.1, -0.05) is 84.4 Å². The number of H-pyrrole nitrogens is 1. The van der Waals surface area contributed by atoms with Gasteiger partial charge in [-0.15, -0.1) is 0 Å². The van der Waals surface area contributed by atoms with Crippen LogP contribution in [-0.4, -0.2) is 16.1 Å². The minimum Gasteiger partial charge on any atom is -0.485 e. The van der Waals surface area contributed by atoms with Crippen molar-refractivity contribution in [1.82, 2.24) is 10.2 Å². The van der Waals surface area contributed by atoms with Gasteiger partial charge in [0.25, 0.3) is 5.91 Å². The number of hydrogen-bond acceptors (Lipinski definition) is 3. The first-order chi connectivity index (χ1) is 16.6. The van der Waals surface area contributed by atoms with Crippen molar-refractivity contribution < 1.29 is 9.53 Å². The predicted octanol–water partition coefficient (Wildman–Crippen LogP) is 7.28. The van der Waals surface area contributed by atoms with E-state index in [0.717, 1.165) is 33.3 Å². The smallest absolute Gasteiger partial charge is 0.259 e. The average molecular weight is 468 g/mol. The zero-order chi connectivity index (χ0) is 23.5. The molecule has 34 heavy (non-hydrogen) atoms. The lowest BCUT2D eigenvalue weighted by molar-refractivity contribution is 0.102. The van der Waals surface area contributed by atoms with E-state index in [1.165, 1.54) is 0 Å². The van der Waals surface area contributed by atoms with Gasteiger partial charge in [0.05, 0.1) is 11.1 Å². The molecule has 0 spiro atoms. The summed E-state index contributed by atoms with van der Waals surface area (Å²) < 4.78 is 6.26. The Balaban J connectivity index is 1.40. The zero-order valence-corrected chi connectivity index (χ0v) is 19.2. The molecule has 5 rings (SSSR count). The summed E-state index contributed by atoms with van der Waals surface area (Å²) in [6.07, 6.45) is -0.448. The molecule has 0 saturated heterocycles. The van der Waals surface area contributed by atoms with E-state index in [4.69, 9.17) is 16.3 Å². The van der Waals surface area contributed by atoms with Crippen LogP contribution in [0.3, 0.4) is 0 Å². The number of nitrogens with one attached hydrogen (secondary N) is 2. The summed E-state index contributed by atoms with van der Waals surface area (Å²) in [5, 5.41) is 12.8. The molecule has 1 amide bonds. The molecule has 2 N–H and O–H groups in total. The van der Waals surface area contributed by atoms with Crippen LogP contribution in [0.5, 0.6) is 5.75 Å². The van der Waals surface area contributed by atoms with Crippen LogP contribution in [0, 0.1) is 0 Å². The van der Waals surface area contributed by atoms with Crippen LogP contribution < -0.4 is 10.1 Å². The van der Waals surface area contributed by atoms with Crippen LogP contribution in [0.1, 0.15) is 28.9 Å². The van der Waals surface area contributed by atoms with Crippen LogP contribution in [0.2, 0.25) is 5.15 Å². The van der Waals surface area contributed by atoms with Crippen LogP contribution in [-0.2, 0) is 0 Å². The number of hydrogen-bond donors (Lipinski definition) is 2. The molecule has 0 aliphatic carbocycles. The molecule has 0 radical (unpaired) electrons. The Morgan fingerprint density at radius 1 is 0.912 bits per heavy atom. The van der Waals surface area contributed by atoms with E-state index >= 15 is 0 Å². The lowest BCUT2D eigenvalue weighted by Gasteiger charge is -2.18. The number of aromatic nitrogens is 2. The predicted molar refractivity (Wildman–Crippen MR) is 136 cm³/mol. The number of rotatable bonds is 6. The van der Waals surface area contributed by atoms with Gasteiger partial charge in [0.2, 0.25) is 0 Å². The van der Waals surface area contributed by atoms with Crippen LogP contribution >= 0.6 is 11.6 Å². The maximum atomic E-state index is 13.2. The first-order valence-electron chi connectivity index (χ1n) is 10.9. The van der Waals surface area contributed by atoms with Gasteiger partial charge in [0.1, 0.15) is 22.7 Å². The van der Waals surface area contributed by atoms with Gasteiger partial charge in [-0.05, 0) is 42.0 Å². The number of halogens is 1. The second-order valence-corrected chi connectivity index (χ2v) is 8.32. The molecule has 5 nitrogen and oxygen atoms in total. The van der Waals surface area contributed by atoms with Gasteiger partial charge in [-0.25, -0.2) is 0 Å². The molecule has 1 unspecified atom stereocenters. The topological polar surface area (TPSA) is 67.0 Å². The molecule has 1 heterocycles. The SMILES string of the molecule is CC(Oc1ccccc1C(=O)Nc1ccc2ccccc2c1)c1c(-c2ccccc2)n[nH]c1Cl. The van der Waals surface area contributed by atoms with E-state index < -0.39 is 6.10 Å².